The molecule has 2 aromatic rings. The number of carbonyl (C=O) groups is 1. The number of rotatable bonds is 4. The second-order valence-electron chi connectivity index (χ2n) is 6.29. The maximum atomic E-state index is 11.8. The highest BCUT2D eigenvalue weighted by atomic mass is 16.6. The van der Waals surface area contributed by atoms with Crippen molar-refractivity contribution in [1.29, 1.82) is 0 Å². The molecule has 0 aliphatic carbocycles. The van der Waals surface area contributed by atoms with Crippen LogP contribution in [-0.2, 0) is 4.74 Å². The molecule has 1 fully saturated rings. The minimum absolute atomic E-state index is 0.0767. The van der Waals surface area contributed by atoms with E-state index in [2.05, 4.69) is 5.32 Å². The molecule has 0 radical (unpaired) electrons. The number of hydrogen-bond acceptors (Lipinski definition) is 5. The number of hydrogen-bond donors (Lipinski definition) is 1. The minimum Gasteiger partial charge on any atom is -0.367 e. The molecular formula is C19H21N3O4. The SMILES string of the molecule is CNC(=O)c1ccc(N2CC(C)OC(c3ccccc3)C2)c([N+](=O)[O-])c1. The second-order valence-corrected chi connectivity index (χ2v) is 6.29. The highest BCUT2D eigenvalue weighted by molar-refractivity contribution is 5.95. The molecule has 0 aromatic heterocycles. The molecule has 1 N–H and O–H groups in total. The Morgan fingerprint density at radius 1 is 1.23 bits per heavy atom. The molecule has 2 unspecified atom stereocenters. The third kappa shape index (κ3) is 3.67. The number of amides is 1. The Morgan fingerprint density at radius 3 is 2.62 bits per heavy atom. The number of ether oxygens (including phenoxy) is 1. The van der Waals surface area contributed by atoms with Crippen molar-refractivity contribution in [2.24, 2.45) is 0 Å². The summed E-state index contributed by atoms with van der Waals surface area (Å²) < 4.78 is 6.03. The van der Waals surface area contributed by atoms with Gasteiger partial charge in [-0.2, -0.15) is 0 Å². The maximum absolute atomic E-state index is 11.8. The molecule has 1 heterocycles. The van der Waals surface area contributed by atoms with Crippen molar-refractivity contribution in [2.45, 2.75) is 19.1 Å². The van der Waals surface area contributed by atoms with E-state index >= 15 is 0 Å². The predicted octanol–water partition coefficient (Wildman–Crippen LogP) is 2.92. The summed E-state index contributed by atoms with van der Waals surface area (Å²) in [6, 6.07) is 14.4. The number of nitrogens with one attached hydrogen (secondary N) is 1. The Labute approximate surface area is 151 Å². The third-order valence-electron chi connectivity index (χ3n) is 4.43. The molecule has 0 bridgehead atoms. The number of anilines is 1. The Bertz CT molecular complexity index is 810. The molecule has 136 valence electrons. The summed E-state index contributed by atoms with van der Waals surface area (Å²) in [7, 11) is 1.50. The fraction of sp³-hybridized carbons (Fsp3) is 0.316. The number of nitro groups is 1. The van der Waals surface area contributed by atoms with Gasteiger partial charge in [-0.05, 0) is 24.6 Å². The van der Waals surface area contributed by atoms with Crippen LogP contribution in [0, 0.1) is 10.1 Å². The van der Waals surface area contributed by atoms with Gasteiger partial charge < -0.3 is 15.0 Å². The highest BCUT2D eigenvalue weighted by Crippen LogP contribution is 2.34. The van der Waals surface area contributed by atoms with Crippen LogP contribution in [0.5, 0.6) is 0 Å². The lowest BCUT2D eigenvalue weighted by Gasteiger charge is -2.38. The van der Waals surface area contributed by atoms with Gasteiger partial charge in [0.2, 0.25) is 0 Å². The van der Waals surface area contributed by atoms with Crippen LogP contribution in [0.4, 0.5) is 11.4 Å². The number of nitro benzene ring substituents is 1. The zero-order valence-corrected chi connectivity index (χ0v) is 14.7. The summed E-state index contributed by atoms with van der Waals surface area (Å²) >= 11 is 0. The lowest BCUT2D eigenvalue weighted by atomic mass is 10.0. The molecule has 3 rings (SSSR count). The van der Waals surface area contributed by atoms with Crippen LogP contribution in [0.25, 0.3) is 0 Å². The summed E-state index contributed by atoms with van der Waals surface area (Å²) in [5, 5.41) is 14.1. The lowest BCUT2D eigenvalue weighted by molar-refractivity contribution is -0.384. The fourth-order valence-electron chi connectivity index (χ4n) is 3.22. The molecular weight excluding hydrogens is 334 g/mol. The molecule has 1 amide bonds. The van der Waals surface area contributed by atoms with E-state index in [4.69, 9.17) is 4.74 Å². The van der Waals surface area contributed by atoms with Gasteiger partial charge in [0.05, 0.1) is 11.0 Å². The van der Waals surface area contributed by atoms with Gasteiger partial charge in [0, 0.05) is 31.8 Å². The van der Waals surface area contributed by atoms with E-state index in [9.17, 15) is 14.9 Å². The monoisotopic (exact) mass is 355 g/mol. The first-order valence-electron chi connectivity index (χ1n) is 8.45. The minimum atomic E-state index is -0.445. The molecule has 7 heteroatoms. The Hall–Kier alpha value is -2.93. The first kappa shape index (κ1) is 17.9. The van der Waals surface area contributed by atoms with E-state index in [-0.39, 0.29) is 29.4 Å². The zero-order valence-electron chi connectivity index (χ0n) is 14.7. The van der Waals surface area contributed by atoms with Crippen molar-refractivity contribution in [3.8, 4) is 0 Å². The average molecular weight is 355 g/mol. The maximum Gasteiger partial charge on any atom is 0.293 e. The van der Waals surface area contributed by atoms with Crippen LogP contribution in [0.15, 0.2) is 48.5 Å². The van der Waals surface area contributed by atoms with Crippen LogP contribution in [-0.4, -0.2) is 37.1 Å². The van der Waals surface area contributed by atoms with Crippen LogP contribution < -0.4 is 10.2 Å². The summed E-state index contributed by atoms with van der Waals surface area (Å²) in [5.74, 6) is -0.350. The summed E-state index contributed by atoms with van der Waals surface area (Å²) in [5.41, 5.74) is 1.73. The molecule has 7 nitrogen and oxygen atoms in total. The third-order valence-corrected chi connectivity index (χ3v) is 4.43. The van der Waals surface area contributed by atoms with E-state index in [0.29, 0.717) is 18.8 Å². The number of morpholine rings is 1. The van der Waals surface area contributed by atoms with E-state index < -0.39 is 4.92 Å². The zero-order chi connectivity index (χ0) is 18.7. The summed E-state index contributed by atoms with van der Waals surface area (Å²) in [6.07, 6.45) is -0.245. The summed E-state index contributed by atoms with van der Waals surface area (Å²) in [4.78, 5) is 24.9. The van der Waals surface area contributed by atoms with Crippen molar-refractivity contribution in [2.75, 3.05) is 25.0 Å². The van der Waals surface area contributed by atoms with E-state index in [1.165, 1.54) is 13.1 Å². The van der Waals surface area contributed by atoms with Crippen LogP contribution in [0.3, 0.4) is 0 Å². The molecule has 2 atom stereocenters. The van der Waals surface area contributed by atoms with Crippen molar-refractivity contribution in [1.82, 2.24) is 5.32 Å². The molecule has 2 aromatic carbocycles. The first-order valence-corrected chi connectivity index (χ1v) is 8.45. The van der Waals surface area contributed by atoms with Crippen molar-refractivity contribution >= 4 is 17.3 Å². The number of carbonyl (C=O) groups excluding carboxylic acids is 1. The van der Waals surface area contributed by atoms with Gasteiger partial charge >= 0.3 is 0 Å². The standard InChI is InChI=1S/C19H21N3O4/c1-13-11-21(12-18(26-13)14-6-4-3-5-7-14)16-9-8-15(19(23)20-2)10-17(16)22(24)25/h3-10,13,18H,11-12H2,1-2H3,(H,20,23). The average Bonchev–Trinajstić information content (AvgIpc) is 2.67. The normalized spacial score (nSPS) is 19.8. The van der Waals surface area contributed by atoms with Gasteiger partial charge in [-0.3, -0.25) is 14.9 Å². The van der Waals surface area contributed by atoms with Gasteiger partial charge in [0.1, 0.15) is 11.8 Å². The second kappa shape index (κ2) is 7.53. The van der Waals surface area contributed by atoms with Crippen LogP contribution in [0.2, 0.25) is 0 Å². The predicted molar refractivity (Wildman–Crippen MR) is 98.4 cm³/mol. The van der Waals surface area contributed by atoms with E-state index in [1.807, 2.05) is 42.2 Å². The van der Waals surface area contributed by atoms with Crippen molar-refractivity contribution in [3.05, 3.63) is 69.8 Å². The van der Waals surface area contributed by atoms with Crippen molar-refractivity contribution < 1.29 is 14.5 Å². The first-order chi connectivity index (χ1) is 12.5. The van der Waals surface area contributed by atoms with Gasteiger partial charge in [-0.1, -0.05) is 30.3 Å². The van der Waals surface area contributed by atoms with Crippen molar-refractivity contribution in [3.63, 3.8) is 0 Å². The van der Waals surface area contributed by atoms with Crippen LogP contribution in [0.1, 0.15) is 28.9 Å². The van der Waals surface area contributed by atoms with E-state index in [0.717, 1.165) is 5.56 Å². The smallest absolute Gasteiger partial charge is 0.293 e. The lowest BCUT2D eigenvalue weighted by Crippen LogP contribution is -2.43. The molecule has 1 saturated heterocycles. The largest absolute Gasteiger partial charge is 0.367 e. The van der Waals surface area contributed by atoms with Gasteiger partial charge in [0.15, 0.2) is 0 Å². The molecule has 1 aliphatic rings. The Kier molecular flexibility index (Phi) is 5.18. The topological polar surface area (TPSA) is 84.7 Å². The van der Waals surface area contributed by atoms with Gasteiger partial charge in [-0.15, -0.1) is 0 Å². The molecule has 1 aliphatic heterocycles. The number of benzene rings is 2. The van der Waals surface area contributed by atoms with E-state index in [1.54, 1.807) is 12.1 Å². The molecule has 0 spiro atoms. The highest BCUT2D eigenvalue weighted by Gasteiger charge is 2.30. The number of nitrogens with zero attached hydrogens (tertiary/aromatic N) is 2. The Balaban J connectivity index is 1.94. The quantitative estimate of drug-likeness (QED) is 0.673. The van der Waals surface area contributed by atoms with Crippen LogP contribution >= 0.6 is 0 Å². The van der Waals surface area contributed by atoms with Gasteiger partial charge in [-0.25, -0.2) is 0 Å². The molecule has 0 saturated carbocycles. The van der Waals surface area contributed by atoms with Gasteiger partial charge in [0.25, 0.3) is 11.6 Å². The fourth-order valence-corrected chi connectivity index (χ4v) is 3.22. The summed E-state index contributed by atoms with van der Waals surface area (Å²) in [6.45, 7) is 3.00. The molecule has 26 heavy (non-hydrogen) atoms. The Morgan fingerprint density at radius 2 is 1.96 bits per heavy atom.